The molecule has 1 aliphatic heterocycles. The summed E-state index contributed by atoms with van der Waals surface area (Å²) in [7, 11) is 0. The Morgan fingerprint density at radius 2 is 1.90 bits per heavy atom. The zero-order valence-electron chi connectivity index (χ0n) is 16.9. The second kappa shape index (κ2) is 8.23. The number of aromatic nitrogens is 2. The number of nitrogens with zero attached hydrogens (tertiary/aromatic N) is 1. The minimum atomic E-state index is -0.957. The highest BCUT2D eigenvalue weighted by atomic mass is 35.5. The fourth-order valence-electron chi connectivity index (χ4n) is 3.41. The van der Waals surface area contributed by atoms with E-state index in [-0.39, 0.29) is 29.7 Å². The topological polar surface area (TPSA) is 116 Å². The Labute approximate surface area is 183 Å². The lowest BCUT2D eigenvalue weighted by Gasteiger charge is -2.23. The van der Waals surface area contributed by atoms with Crippen molar-refractivity contribution < 1.29 is 9.59 Å². The number of fused-ring (bicyclic) bond motifs is 1. The maximum atomic E-state index is 12.9. The average Bonchev–Trinajstić information content (AvgIpc) is 2.70. The van der Waals surface area contributed by atoms with Crippen molar-refractivity contribution in [2.45, 2.75) is 26.2 Å². The summed E-state index contributed by atoms with van der Waals surface area (Å²) in [6.07, 6.45) is -0.143. The summed E-state index contributed by atoms with van der Waals surface area (Å²) >= 11 is 5.98. The summed E-state index contributed by atoms with van der Waals surface area (Å²) < 4.78 is 0. The second-order valence-corrected chi connectivity index (χ2v) is 7.84. The Kier molecular flexibility index (Phi) is 5.48. The number of aromatic amines is 1. The van der Waals surface area contributed by atoms with Gasteiger partial charge in [-0.3, -0.25) is 19.4 Å². The molecule has 9 heteroatoms. The van der Waals surface area contributed by atoms with Gasteiger partial charge in [0.1, 0.15) is 5.82 Å². The first-order valence-electron chi connectivity index (χ1n) is 9.65. The SMILES string of the molecule is Cc1ccc(NC(=O)[C@@H]2CC(=O)Nc3nc(Nc4cccc(Cl)c4)[nH]c(=O)c32)cc1C. The van der Waals surface area contributed by atoms with E-state index in [1.165, 1.54) is 0 Å². The summed E-state index contributed by atoms with van der Waals surface area (Å²) in [6, 6.07) is 12.4. The quantitative estimate of drug-likeness (QED) is 0.494. The molecule has 2 heterocycles. The number of hydrogen-bond donors (Lipinski definition) is 4. The van der Waals surface area contributed by atoms with E-state index in [4.69, 9.17) is 11.6 Å². The number of carbonyl (C=O) groups is 2. The van der Waals surface area contributed by atoms with Crippen molar-refractivity contribution in [1.29, 1.82) is 0 Å². The first kappa shape index (κ1) is 20.6. The smallest absolute Gasteiger partial charge is 0.258 e. The Morgan fingerprint density at radius 3 is 2.65 bits per heavy atom. The van der Waals surface area contributed by atoms with Crippen LogP contribution in [0.25, 0.3) is 0 Å². The number of H-pyrrole nitrogens is 1. The molecule has 0 aliphatic carbocycles. The van der Waals surface area contributed by atoms with Crippen LogP contribution in [0, 0.1) is 13.8 Å². The highest BCUT2D eigenvalue weighted by Crippen LogP contribution is 2.30. The molecule has 4 rings (SSSR count). The van der Waals surface area contributed by atoms with E-state index in [1.807, 2.05) is 26.0 Å². The van der Waals surface area contributed by atoms with Crippen molar-refractivity contribution >= 4 is 46.6 Å². The van der Waals surface area contributed by atoms with Crippen LogP contribution in [0.2, 0.25) is 5.02 Å². The van der Waals surface area contributed by atoms with Crippen LogP contribution in [-0.2, 0) is 9.59 Å². The largest absolute Gasteiger partial charge is 0.326 e. The van der Waals surface area contributed by atoms with Gasteiger partial charge in [0.15, 0.2) is 0 Å². The van der Waals surface area contributed by atoms with E-state index in [2.05, 4.69) is 25.9 Å². The van der Waals surface area contributed by atoms with Gasteiger partial charge in [-0.25, -0.2) is 0 Å². The van der Waals surface area contributed by atoms with Gasteiger partial charge >= 0.3 is 0 Å². The third-order valence-electron chi connectivity index (χ3n) is 5.13. The monoisotopic (exact) mass is 437 g/mol. The number of nitrogens with one attached hydrogen (secondary N) is 4. The molecular formula is C22H20ClN5O3. The molecule has 1 aliphatic rings. The predicted octanol–water partition coefficient (Wildman–Crippen LogP) is 3.85. The van der Waals surface area contributed by atoms with Gasteiger partial charge in [-0.15, -0.1) is 0 Å². The number of hydrogen-bond acceptors (Lipinski definition) is 5. The molecule has 31 heavy (non-hydrogen) atoms. The number of anilines is 4. The summed E-state index contributed by atoms with van der Waals surface area (Å²) in [5.41, 5.74) is 2.95. The van der Waals surface area contributed by atoms with E-state index in [9.17, 15) is 14.4 Å². The van der Waals surface area contributed by atoms with Gasteiger partial charge in [0.2, 0.25) is 17.8 Å². The van der Waals surface area contributed by atoms with Gasteiger partial charge in [-0.05, 0) is 55.3 Å². The molecule has 0 spiro atoms. The van der Waals surface area contributed by atoms with E-state index in [0.717, 1.165) is 11.1 Å². The van der Waals surface area contributed by atoms with Crippen LogP contribution in [0.5, 0.6) is 0 Å². The van der Waals surface area contributed by atoms with E-state index < -0.39 is 17.4 Å². The summed E-state index contributed by atoms with van der Waals surface area (Å²) in [6.45, 7) is 3.92. The third-order valence-corrected chi connectivity index (χ3v) is 5.36. The van der Waals surface area contributed by atoms with Crippen molar-refractivity contribution in [3.05, 3.63) is 74.5 Å². The highest BCUT2D eigenvalue weighted by Gasteiger charge is 2.34. The summed E-state index contributed by atoms with van der Waals surface area (Å²) in [4.78, 5) is 44.9. The minimum absolute atomic E-state index is 0.0600. The molecule has 0 fully saturated rings. The third kappa shape index (κ3) is 4.44. The lowest BCUT2D eigenvalue weighted by atomic mass is 9.92. The fraction of sp³-hybridized carbons (Fsp3) is 0.182. The van der Waals surface area contributed by atoms with Gasteiger partial charge in [0.05, 0.1) is 11.5 Å². The Morgan fingerprint density at radius 1 is 1.10 bits per heavy atom. The lowest BCUT2D eigenvalue weighted by molar-refractivity contribution is -0.123. The lowest BCUT2D eigenvalue weighted by Crippen LogP contribution is -2.36. The van der Waals surface area contributed by atoms with Crippen LogP contribution in [0.15, 0.2) is 47.3 Å². The zero-order valence-corrected chi connectivity index (χ0v) is 17.6. The molecule has 0 saturated heterocycles. The van der Waals surface area contributed by atoms with E-state index in [1.54, 1.807) is 30.3 Å². The summed E-state index contributed by atoms with van der Waals surface area (Å²) in [5.74, 6) is -1.60. The van der Waals surface area contributed by atoms with Crippen molar-refractivity contribution in [3.63, 3.8) is 0 Å². The van der Waals surface area contributed by atoms with Crippen molar-refractivity contribution in [3.8, 4) is 0 Å². The molecule has 158 valence electrons. The first-order chi connectivity index (χ1) is 14.8. The maximum Gasteiger partial charge on any atom is 0.258 e. The van der Waals surface area contributed by atoms with Crippen molar-refractivity contribution in [1.82, 2.24) is 9.97 Å². The Hall–Kier alpha value is -3.65. The number of carbonyl (C=O) groups excluding carboxylic acids is 2. The van der Waals surface area contributed by atoms with E-state index >= 15 is 0 Å². The number of halogens is 1. The Bertz CT molecular complexity index is 1250. The molecule has 8 nitrogen and oxygen atoms in total. The molecule has 2 amide bonds. The molecule has 0 radical (unpaired) electrons. The zero-order chi connectivity index (χ0) is 22.1. The number of rotatable bonds is 4. The maximum absolute atomic E-state index is 12.9. The van der Waals surface area contributed by atoms with Crippen LogP contribution in [0.4, 0.5) is 23.1 Å². The van der Waals surface area contributed by atoms with Crippen molar-refractivity contribution in [2.24, 2.45) is 0 Å². The highest BCUT2D eigenvalue weighted by molar-refractivity contribution is 6.30. The second-order valence-electron chi connectivity index (χ2n) is 7.41. The van der Waals surface area contributed by atoms with Crippen LogP contribution in [-0.4, -0.2) is 21.8 Å². The van der Waals surface area contributed by atoms with Crippen LogP contribution in [0.1, 0.15) is 29.0 Å². The average molecular weight is 438 g/mol. The van der Waals surface area contributed by atoms with Crippen molar-refractivity contribution in [2.75, 3.05) is 16.0 Å². The number of amides is 2. The first-order valence-corrected chi connectivity index (χ1v) is 10.0. The molecule has 1 aromatic heterocycles. The molecule has 0 saturated carbocycles. The van der Waals surface area contributed by atoms with Crippen LogP contribution in [0.3, 0.4) is 0 Å². The predicted molar refractivity (Wildman–Crippen MR) is 120 cm³/mol. The van der Waals surface area contributed by atoms with Gasteiger partial charge in [-0.1, -0.05) is 23.7 Å². The van der Waals surface area contributed by atoms with Gasteiger partial charge in [0.25, 0.3) is 5.56 Å². The van der Waals surface area contributed by atoms with Gasteiger partial charge in [-0.2, -0.15) is 4.98 Å². The minimum Gasteiger partial charge on any atom is -0.326 e. The number of benzene rings is 2. The Balaban J connectivity index is 1.64. The fourth-order valence-corrected chi connectivity index (χ4v) is 3.60. The van der Waals surface area contributed by atoms with Crippen LogP contribution >= 0.6 is 11.6 Å². The normalized spacial score (nSPS) is 15.1. The van der Waals surface area contributed by atoms with E-state index in [0.29, 0.717) is 16.4 Å². The van der Waals surface area contributed by atoms with Crippen LogP contribution < -0.4 is 21.5 Å². The van der Waals surface area contributed by atoms with Gasteiger partial charge < -0.3 is 16.0 Å². The standard InChI is InChI=1S/C22H20ClN5O3/c1-11-6-7-15(8-12(11)2)24-20(30)16-10-17(29)26-19-18(16)21(31)28-22(27-19)25-14-5-3-4-13(23)9-14/h3-9,16H,10H2,1-2H3,(H,24,30)(H3,25,26,27,28,29,31)/t16-/m1/s1. The molecule has 0 bridgehead atoms. The number of aryl methyl sites for hydroxylation is 2. The molecule has 1 atom stereocenters. The molecule has 4 N–H and O–H groups in total. The van der Waals surface area contributed by atoms with Gasteiger partial charge in [0, 0.05) is 22.8 Å². The molecule has 3 aromatic rings. The molecule has 0 unspecified atom stereocenters. The summed E-state index contributed by atoms with van der Waals surface area (Å²) in [5, 5.41) is 8.85. The molecule has 2 aromatic carbocycles. The molecular weight excluding hydrogens is 418 g/mol.